The van der Waals surface area contributed by atoms with Crippen LogP contribution >= 0.6 is 12.4 Å². The number of halogens is 1. The molecule has 6 heteroatoms. The monoisotopic (exact) mass is 265 g/mol. The molecule has 5 nitrogen and oxygen atoms in total. The lowest BCUT2D eigenvalue weighted by Gasteiger charge is -2.18. The zero-order valence-corrected chi connectivity index (χ0v) is 11.7. The maximum Gasteiger partial charge on any atom is 0.223 e. The van der Waals surface area contributed by atoms with Crippen LogP contribution in [0.25, 0.3) is 0 Å². The molecule has 0 saturated heterocycles. The number of rotatable bonds is 7. The Balaban J connectivity index is 0. The lowest BCUT2D eigenvalue weighted by molar-refractivity contribution is -0.133. The second-order valence-electron chi connectivity index (χ2n) is 3.77. The third kappa shape index (κ3) is 7.99. The van der Waals surface area contributed by atoms with E-state index in [1.165, 1.54) is 0 Å². The van der Waals surface area contributed by atoms with Crippen LogP contribution in [-0.4, -0.2) is 42.4 Å². The van der Waals surface area contributed by atoms with E-state index in [0.29, 0.717) is 19.6 Å². The molecule has 0 heterocycles. The molecule has 17 heavy (non-hydrogen) atoms. The minimum atomic E-state index is -0.113. The Bertz CT molecular complexity index is 233. The fraction of sp³-hybridized carbons (Fsp3) is 0.818. The smallest absolute Gasteiger partial charge is 0.223 e. The molecular formula is C11H24ClN3O2. The Morgan fingerprint density at radius 1 is 1.24 bits per heavy atom. The van der Waals surface area contributed by atoms with E-state index in [1.54, 1.807) is 4.90 Å². The molecule has 0 aliphatic carbocycles. The lowest BCUT2D eigenvalue weighted by Crippen LogP contribution is -2.38. The average Bonchev–Trinajstić information content (AvgIpc) is 2.27. The molecule has 0 spiro atoms. The van der Waals surface area contributed by atoms with Gasteiger partial charge in [0.05, 0.1) is 0 Å². The molecule has 0 radical (unpaired) electrons. The van der Waals surface area contributed by atoms with Gasteiger partial charge < -0.3 is 16.0 Å². The fourth-order valence-electron chi connectivity index (χ4n) is 1.36. The van der Waals surface area contributed by atoms with Crippen molar-refractivity contribution in [3.63, 3.8) is 0 Å². The standard InChI is InChI=1S/C11H23N3O2.ClH/c1-4-14(5-2)11(16)7-6-10(15)13-9(3)8-12;/h9H,4-8,12H2,1-3H3,(H,13,15);1H/t9-;/m0./s1. The number of amides is 2. The molecule has 0 saturated carbocycles. The summed E-state index contributed by atoms with van der Waals surface area (Å²) in [5.41, 5.74) is 5.38. The van der Waals surface area contributed by atoms with Crippen LogP contribution in [-0.2, 0) is 9.59 Å². The summed E-state index contributed by atoms with van der Waals surface area (Å²) in [7, 11) is 0. The van der Waals surface area contributed by atoms with Crippen LogP contribution in [0.4, 0.5) is 0 Å². The van der Waals surface area contributed by atoms with E-state index >= 15 is 0 Å². The van der Waals surface area contributed by atoms with Crippen LogP contribution in [0.1, 0.15) is 33.6 Å². The van der Waals surface area contributed by atoms with Crippen molar-refractivity contribution >= 4 is 24.2 Å². The molecule has 0 aromatic rings. The van der Waals surface area contributed by atoms with Crippen molar-refractivity contribution < 1.29 is 9.59 Å². The molecule has 0 aromatic carbocycles. The SMILES string of the molecule is CCN(CC)C(=O)CCC(=O)N[C@@H](C)CN.Cl. The molecular weight excluding hydrogens is 242 g/mol. The van der Waals surface area contributed by atoms with Crippen LogP contribution in [0.3, 0.4) is 0 Å². The zero-order valence-electron chi connectivity index (χ0n) is 10.9. The Kier molecular flexibility index (Phi) is 11.3. The minimum absolute atomic E-state index is 0. The first kappa shape index (κ1) is 18.6. The number of nitrogens with zero attached hydrogens (tertiary/aromatic N) is 1. The minimum Gasteiger partial charge on any atom is -0.352 e. The fourth-order valence-corrected chi connectivity index (χ4v) is 1.36. The van der Waals surface area contributed by atoms with Gasteiger partial charge in [-0.15, -0.1) is 12.4 Å². The van der Waals surface area contributed by atoms with Gasteiger partial charge in [-0.3, -0.25) is 9.59 Å². The van der Waals surface area contributed by atoms with Crippen LogP contribution in [0.2, 0.25) is 0 Å². The van der Waals surface area contributed by atoms with Gasteiger partial charge in [0.2, 0.25) is 11.8 Å². The van der Waals surface area contributed by atoms with Gasteiger partial charge in [-0.25, -0.2) is 0 Å². The van der Waals surface area contributed by atoms with Crippen LogP contribution < -0.4 is 11.1 Å². The van der Waals surface area contributed by atoms with E-state index in [9.17, 15) is 9.59 Å². The Morgan fingerprint density at radius 2 is 1.76 bits per heavy atom. The van der Waals surface area contributed by atoms with Gasteiger partial charge in [0.15, 0.2) is 0 Å². The molecule has 0 rings (SSSR count). The highest BCUT2D eigenvalue weighted by molar-refractivity contribution is 5.85. The molecule has 3 N–H and O–H groups in total. The molecule has 0 unspecified atom stereocenters. The van der Waals surface area contributed by atoms with Crippen LogP contribution in [0.5, 0.6) is 0 Å². The molecule has 0 bridgehead atoms. The Morgan fingerprint density at radius 3 is 2.18 bits per heavy atom. The molecule has 2 amide bonds. The van der Waals surface area contributed by atoms with Gasteiger partial charge >= 0.3 is 0 Å². The van der Waals surface area contributed by atoms with E-state index in [2.05, 4.69) is 5.32 Å². The van der Waals surface area contributed by atoms with E-state index < -0.39 is 0 Å². The summed E-state index contributed by atoms with van der Waals surface area (Å²) in [4.78, 5) is 24.7. The van der Waals surface area contributed by atoms with Crippen molar-refractivity contribution in [1.29, 1.82) is 0 Å². The molecule has 0 fully saturated rings. The highest BCUT2D eigenvalue weighted by atomic mass is 35.5. The summed E-state index contributed by atoms with van der Waals surface area (Å²) in [5, 5.41) is 2.73. The molecule has 1 atom stereocenters. The number of nitrogens with two attached hydrogens (primary N) is 1. The lowest BCUT2D eigenvalue weighted by atomic mass is 10.2. The Hall–Kier alpha value is -0.810. The predicted octanol–water partition coefficient (Wildman–Crippen LogP) is 0.520. The molecule has 0 aromatic heterocycles. The van der Waals surface area contributed by atoms with E-state index in [0.717, 1.165) is 0 Å². The van der Waals surface area contributed by atoms with Gasteiger partial charge in [-0.05, 0) is 20.8 Å². The quantitative estimate of drug-likeness (QED) is 0.705. The third-order valence-corrected chi connectivity index (χ3v) is 2.44. The van der Waals surface area contributed by atoms with Gasteiger partial charge in [0, 0.05) is 38.5 Å². The zero-order chi connectivity index (χ0) is 12.6. The molecule has 0 aliphatic heterocycles. The highest BCUT2D eigenvalue weighted by Gasteiger charge is 2.12. The van der Waals surface area contributed by atoms with Crippen LogP contribution in [0, 0.1) is 0 Å². The van der Waals surface area contributed by atoms with Crippen molar-refractivity contribution in [2.75, 3.05) is 19.6 Å². The maximum absolute atomic E-state index is 11.6. The maximum atomic E-state index is 11.6. The second-order valence-corrected chi connectivity index (χ2v) is 3.77. The summed E-state index contributed by atoms with van der Waals surface area (Å²) >= 11 is 0. The Labute approximate surface area is 110 Å². The van der Waals surface area contributed by atoms with E-state index in [-0.39, 0.29) is 43.1 Å². The van der Waals surface area contributed by atoms with Gasteiger partial charge in [0.25, 0.3) is 0 Å². The average molecular weight is 266 g/mol. The summed E-state index contributed by atoms with van der Waals surface area (Å²) in [6.07, 6.45) is 0.504. The predicted molar refractivity (Wildman–Crippen MR) is 71.1 cm³/mol. The number of nitrogens with one attached hydrogen (secondary N) is 1. The van der Waals surface area contributed by atoms with E-state index in [1.807, 2.05) is 20.8 Å². The van der Waals surface area contributed by atoms with E-state index in [4.69, 9.17) is 5.73 Å². The van der Waals surface area contributed by atoms with Gasteiger partial charge in [-0.1, -0.05) is 0 Å². The molecule has 0 aliphatic rings. The van der Waals surface area contributed by atoms with Crippen molar-refractivity contribution in [3.05, 3.63) is 0 Å². The van der Waals surface area contributed by atoms with Gasteiger partial charge in [-0.2, -0.15) is 0 Å². The van der Waals surface area contributed by atoms with Crippen molar-refractivity contribution in [1.82, 2.24) is 10.2 Å². The van der Waals surface area contributed by atoms with Crippen molar-refractivity contribution in [2.45, 2.75) is 39.7 Å². The second kappa shape index (κ2) is 10.4. The number of carbonyl (C=O) groups is 2. The topological polar surface area (TPSA) is 75.4 Å². The highest BCUT2D eigenvalue weighted by Crippen LogP contribution is 1.98. The number of carbonyl (C=O) groups excluding carboxylic acids is 2. The van der Waals surface area contributed by atoms with Crippen molar-refractivity contribution in [2.24, 2.45) is 5.73 Å². The first-order chi connectivity index (χ1) is 7.54. The normalized spacial score (nSPS) is 11.3. The summed E-state index contributed by atoms with van der Waals surface area (Å²) in [6.45, 7) is 7.49. The number of hydrogen-bond acceptors (Lipinski definition) is 3. The molecule has 102 valence electrons. The largest absolute Gasteiger partial charge is 0.352 e. The van der Waals surface area contributed by atoms with Crippen LogP contribution in [0.15, 0.2) is 0 Å². The van der Waals surface area contributed by atoms with Crippen molar-refractivity contribution in [3.8, 4) is 0 Å². The van der Waals surface area contributed by atoms with Gasteiger partial charge in [0.1, 0.15) is 0 Å². The first-order valence-electron chi connectivity index (χ1n) is 5.82. The summed E-state index contributed by atoms with van der Waals surface area (Å²) in [6, 6.07) is -0.0314. The summed E-state index contributed by atoms with van der Waals surface area (Å²) < 4.78 is 0. The summed E-state index contributed by atoms with van der Waals surface area (Å²) in [5.74, 6) is -0.0843. The number of hydrogen-bond donors (Lipinski definition) is 2. The third-order valence-electron chi connectivity index (χ3n) is 2.44. The first-order valence-corrected chi connectivity index (χ1v) is 5.82.